The lowest BCUT2D eigenvalue weighted by atomic mass is 10.2. The maximum atomic E-state index is 13.1. The molecule has 0 atom stereocenters. The van der Waals surface area contributed by atoms with Crippen molar-refractivity contribution in [3.8, 4) is 23.0 Å². The molecule has 0 radical (unpaired) electrons. The summed E-state index contributed by atoms with van der Waals surface area (Å²) >= 11 is 0. The van der Waals surface area contributed by atoms with Crippen LogP contribution in [0.15, 0.2) is 137 Å². The summed E-state index contributed by atoms with van der Waals surface area (Å²) in [5, 5.41) is 20.2. The molecule has 0 amide bonds. The quantitative estimate of drug-likeness (QED) is 0.0458. The first-order chi connectivity index (χ1) is 32.2. The van der Waals surface area contributed by atoms with Gasteiger partial charge in [0.25, 0.3) is 25.7 Å². The Morgan fingerprint density at radius 1 is 0.507 bits per heavy atom. The van der Waals surface area contributed by atoms with Crippen molar-refractivity contribution in [3.05, 3.63) is 138 Å². The number of aromatic nitrogens is 5. The van der Waals surface area contributed by atoms with E-state index in [4.69, 9.17) is 18.9 Å². The smallest absolute Gasteiger partial charge is 0.270 e. The first-order valence-corrected chi connectivity index (χ1v) is 22.6. The molecule has 0 unspecified atom stereocenters. The van der Waals surface area contributed by atoms with E-state index in [2.05, 4.69) is 50.3 Å². The minimum atomic E-state index is -4.25. The molecule has 5 N–H and O–H groups in total. The van der Waals surface area contributed by atoms with Crippen molar-refractivity contribution in [2.24, 2.45) is 0 Å². The van der Waals surface area contributed by atoms with E-state index in [1.54, 1.807) is 94.1 Å². The highest BCUT2D eigenvalue weighted by molar-refractivity contribution is 7.93. The number of nitrogens with one attached hydrogen (secondary N) is 5. The minimum absolute atomic E-state index is 0.0605. The molecular formula is C44H41N11O10S2. The van der Waals surface area contributed by atoms with Crippen LogP contribution in [0.5, 0.6) is 23.0 Å². The van der Waals surface area contributed by atoms with Crippen LogP contribution >= 0.6 is 0 Å². The van der Waals surface area contributed by atoms with E-state index in [0.717, 1.165) is 6.07 Å². The number of anilines is 7. The van der Waals surface area contributed by atoms with Crippen molar-refractivity contribution < 1.29 is 40.7 Å². The van der Waals surface area contributed by atoms with Gasteiger partial charge in [0.2, 0.25) is 0 Å². The number of ether oxygens (including phenoxy) is 4. The summed E-state index contributed by atoms with van der Waals surface area (Å²) in [6.45, 7) is 0. The monoisotopic (exact) mass is 947 g/mol. The molecule has 0 spiro atoms. The van der Waals surface area contributed by atoms with Crippen LogP contribution in [0.3, 0.4) is 0 Å². The zero-order chi connectivity index (χ0) is 47.7. The minimum Gasteiger partial charge on any atom is -0.497 e. The zero-order valence-corrected chi connectivity index (χ0v) is 37.8. The van der Waals surface area contributed by atoms with E-state index >= 15 is 0 Å². The fourth-order valence-electron chi connectivity index (χ4n) is 6.20. The largest absolute Gasteiger partial charge is 0.497 e. The van der Waals surface area contributed by atoms with Crippen molar-refractivity contribution in [3.63, 3.8) is 0 Å². The summed E-state index contributed by atoms with van der Waals surface area (Å²) < 4.78 is 78.4. The number of benzene rings is 5. The van der Waals surface area contributed by atoms with Gasteiger partial charge in [0, 0.05) is 78.8 Å². The average molecular weight is 948 g/mol. The van der Waals surface area contributed by atoms with Gasteiger partial charge in [-0.25, -0.2) is 41.8 Å². The number of pyridine rings is 1. The van der Waals surface area contributed by atoms with Crippen LogP contribution in [0.1, 0.15) is 0 Å². The maximum Gasteiger partial charge on any atom is 0.270 e. The van der Waals surface area contributed by atoms with Crippen LogP contribution in [0, 0.1) is 10.1 Å². The number of non-ortho nitro benzene ring substituents is 1. The van der Waals surface area contributed by atoms with Crippen LogP contribution in [0.25, 0.3) is 22.2 Å². The van der Waals surface area contributed by atoms with Gasteiger partial charge in [-0.3, -0.25) is 19.6 Å². The molecule has 0 fully saturated rings. The number of hydrogen-bond donors (Lipinski definition) is 5. The standard InChI is InChI=1S/C23H23N5O4S.C21H18N6O6S/c1-24-15-7-6-8-19(13-15)33(29,30)28-23-22(26-20-9-4-5-10-21(20)27-23)25-16-11-17(31-2)14-18(12-16)32-3;1-32-15-9-13(10-16(12-15)33-2)23-20-21(25-19-18(24-20)7-4-8-22-19)26-34(30,31)17-6-3-5-14(11-17)27(28)29/h4-14,24H,1-3H3,(H,25,26)(H,27,28);3-12H,1-2H3,(H,23,24)(H,22,25,26). The molecule has 344 valence electrons. The number of para-hydroxylation sites is 2. The van der Waals surface area contributed by atoms with Gasteiger partial charge in [0.05, 0.1) is 54.2 Å². The van der Waals surface area contributed by atoms with Gasteiger partial charge in [-0.15, -0.1) is 0 Å². The summed E-state index contributed by atoms with van der Waals surface area (Å²) in [4.78, 5) is 32.2. The molecular weight excluding hydrogens is 907 g/mol. The third kappa shape index (κ3) is 11.2. The van der Waals surface area contributed by atoms with E-state index in [-0.39, 0.29) is 44.4 Å². The molecule has 0 aliphatic carbocycles. The number of fused-ring (bicyclic) bond motifs is 2. The maximum absolute atomic E-state index is 13.1. The molecule has 0 bridgehead atoms. The van der Waals surface area contributed by atoms with Gasteiger partial charge < -0.3 is 34.9 Å². The van der Waals surface area contributed by atoms with E-state index in [1.807, 2.05) is 12.1 Å². The topological polar surface area (TPSA) is 273 Å². The Morgan fingerprint density at radius 3 is 1.48 bits per heavy atom. The molecule has 0 saturated heterocycles. The van der Waals surface area contributed by atoms with E-state index < -0.39 is 25.0 Å². The van der Waals surface area contributed by atoms with Crippen LogP contribution in [-0.4, -0.2) is 82.2 Å². The third-order valence-electron chi connectivity index (χ3n) is 9.47. The average Bonchev–Trinajstić information content (AvgIpc) is 3.34. The number of nitrogens with zero attached hydrogens (tertiary/aromatic N) is 6. The van der Waals surface area contributed by atoms with Crippen molar-refractivity contribution >= 4 is 88.3 Å². The Kier molecular flexibility index (Phi) is 13.9. The Bertz CT molecular complexity index is 3300. The molecule has 3 aromatic heterocycles. The lowest BCUT2D eigenvalue weighted by molar-refractivity contribution is -0.385. The Morgan fingerprint density at radius 2 is 0.970 bits per heavy atom. The van der Waals surface area contributed by atoms with Gasteiger partial charge in [-0.1, -0.05) is 24.3 Å². The number of rotatable bonds is 16. The second kappa shape index (κ2) is 20.1. The van der Waals surface area contributed by atoms with Crippen molar-refractivity contribution in [1.29, 1.82) is 0 Å². The number of nitro groups is 1. The molecule has 21 nitrogen and oxygen atoms in total. The number of nitro benzene ring substituents is 1. The highest BCUT2D eigenvalue weighted by atomic mass is 32.2. The third-order valence-corrected chi connectivity index (χ3v) is 12.1. The second-order valence-electron chi connectivity index (χ2n) is 13.9. The van der Waals surface area contributed by atoms with Crippen molar-refractivity contribution in [2.45, 2.75) is 9.79 Å². The number of hydrogen-bond acceptors (Lipinski definition) is 18. The summed E-state index contributed by atoms with van der Waals surface area (Å²) in [5.74, 6) is 2.34. The Labute approximate surface area is 383 Å². The van der Waals surface area contributed by atoms with Gasteiger partial charge >= 0.3 is 0 Å². The summed E-state index contributed by atoms with van der Waals surface area (Å²) in [6.07, 6.45) is 1.50. The van der Waals surface area contributed by atoms with E-state index in [0.29, 0.717) is 56.6 Å². The summed E-state index contributed by atoms with van der Waals surface area (Å²) in [7, 11) is -0.374. The predicted octanol–water partition coefficient (Wildman–Crippen LogP) is 7.73. The molecule has 0 aliphatic heterocycles. The van der Waals surface area contributed by atoms with E-state index in [1.165, 1.54) is 50.7 Å². The molecule has 8 rings (SSSR count). The second-order valence-corrected chi connectivity index (χ2v) is 17.2. The van der Waals surface area contributed by atoms with Crippen LogP contribution in [-0.2, 0) is 20.0 Å². The molecule has 5 aromatic carbocycles. The SMILES string of the molecule is CNc1cccc(S(=O)(=O)Nc2nc3ccccc3nc2Nc2cc(OC)cc(OC)c2)c1.COc1cc(Nc2nc3cccnc3nc2NS(=O)(=O)c2cccc([N+](=O)[O-])c2)cc(OC)c1. The van der Waals surface area contributed by atoms with Crippen LogP contribution in [0.4, 0.5) is 46.0 Å². The lowest BCUT2D eigenvalue weighted by Gasteiger charge is -2.15. The molecule has 0 saturated carbocycles. The predicted molar refractivity (Wildman–Crippen MR) is 253 cm³/mol. The fraction of sp³-hybridized carbons (Fsp3) is 0.114. The Hall–Kier alpha value is -8.57. The molecule has 8 aromatic rings. The van der Waals surface area contributed by atoms with Gasteiger partial charge in [0.15, 0.2) is 28.9 Å². The Balaban J connectivity index is 0.000000199. The van der Waals surface area contributed by atoms with Gasteiger partial charge in [-0.05, 0) is 48.5 Å². The highest BCUT2D eigenvalue weighted by Gasteiger charge is 2.23. The van der Waals surface area contributed by atoms with E-state index in [9.17, 15) is 26.9 Å². The van der Waals surface area contributed by atoms with Crippen LogP contribution in [0.2, 0.25) is 0 Å². The summed E-state index contributed by atoms with van der Waals surface area (Å²) in [5.41, 5.74) is 3.16. The normalized spacial score (nSPS) is 11.1. The lowest BCUT2D eigenvalue weighted by Crippen LogP contribution is -2.16. The molecule has 23 heteroatoms. The van der Waals surface area contributed by atoms with Crippen molar-refractivity contribution in [2.75, 3.05) is 60.9 Å². The molecule has 0 aliphatic rings. The first-order valence-electron chi connectivity index (χ1n) is 19.7. The zero-order valence-electron chi connectivity index (χ0n) is 36.2. The summed E-state index contributed by atoms with van der Waals surface area (Å²) in [6, 6.07) is 31.9. The van der Waals surface area contributed by atoms with Gasteiger partial charge in [-0.2, -0.15) is 0 Å². The highest BCUT2D eigenvalue weighted by Crippen LogP contribution is 2.34. The van der Waals surface area contributed by atoms with Gasteiger partial charge in [0.1, 0.15) is 28.5 Å². The fourth-order valence-corrected chi connectivity index (χ4v) is 8.30. The number of methoxy groups -OCH3 is 4. The molecule has 3 heterocycles. The van der Waals surface area contributed by atoms with Crippen molar-refractivity contribution in [1.82, 2.24) is 24.9 Å². The van der Waals surface area contributed by atoms with Crippen LogP contribution < -0.4 is 44.3 Å². The first kappa shape index (κ1) is 46.4. The number of sulfonamides is 2. The molecule has 67 heavy (non-hydrogen) atoms.